The Morgan fingerprint density at radius 3 is 2.90 bits per heavy atom. The highest BCUT2D eigenvalue weighted by Gasteiger charge is 2.30. The predicted molar refractivity (Wildman–Crippen MR) is 86.4 cm³/mol. The van der Waals surface area contributed by atoms with Crippen LogP contribution in [0.1, 0.15) is 12.0 Å². The molecule has 1 aliphatic heterocycles. The molecule has 6 heteroatoms. The molecule has 0 aromatic heterocycles. The number of carbonyl (C=O) groups excluding carboxylic acids is 1. The number of hydrogen-bond donors (Lipinski definition) is 1. The molecule has 0 saturated carbocycles. The van der Waals surface area contributed by atoms with Gasteiger partial charge in [0.25, 0.3) is 0 Å². The average Bonchev–Trinajstić information content (AvgIpc) is 2.95. The summed E-state index contributed by atoms with van der Waals surface area (Å²) in [5.41, 5.74) is 7.79. The lowest BCUT2D eigenvalue weighted by Gasteiger charge is -2.23. The second-order valence-electron chi connectivity index (χ2n) is 4.67. The van der Waals surface area contributed by atoms with E-state index in [1.165, 1.54) is 7.11 Å². The van der Waals surface area contributed by atoms with Gasteiger partial charge in [-0.15, -0.1) is 11.8 Å². The van der Waals surface area contributed by atoms with E-state index in [2.05, 4.69) is 4.90 Å². The number of ether oxygens (including phenoxy) is 1. The van der Waals surface area contributed by atoms with Crippen LogP contribution in [0.25, 0.3) is 0 Å². The maximum Gasteiger partial charge on any atom is 0.310 e. The van der Waals surface area contributed by atoms with Gasteiger partial charge in [-0.1, -0.05) is 18.3 Å². The average molecular weight is 310 g/mol. The summed E-state index contributed by atoms with van der Waals surface area (Å²) in [5, 5.41) is 0. The first-order valence-electron chi connectivity index (χ1n) is 6.38. The molecule has 1 aliphatic rings. The van der Waals surface area contributed by atoms with Crippen LogP contribution in [0.4, 0.5) is 5.69 Å². The van der Waals surface area contributed by atoms with Crippen molar-refractivity contribution in [3.05, 3.63) is 23.8 Å². The van der Waals surface area contributed by atoms with Crippen LogP contribution < -0.4 is 10.6 Å². The van der Waals surface area contributed by atoms with E-state index < -0.39 is 0 Å². The summed E-state index contributed by atoms with van der Waals surface area (Å²) in [7, 11) is 1.43. The third-order valence-corrected chi connectivity index (χ3v) is 4.52. The monoisotopic (exact) mass is 310 g/mol. The molecule has 1 fully saturated rings. The molecule has 0 amide bonds. The lowest BCUT2D eigenvalue weighted by molar-refractivity contribution is -0.144. The van der Waals surface area contributed by atoms with Crippen molar-refractivity contribution in [2.45, 2.75) is 11.3 Å². The Labute approximate surface area is 128 Å². The Hall–Kier alpha value is -1.27. The van der Waals surface area contributed by atoms with E-state index in [-0.39, 0.29) is 11.9 Å². The normalized spacial score (nSPS) is 18.1. The van der Waals surface area contributed by atoms with E-state index in [9.17, 15) is 4.79 Å². The molecule has 20 heavy (non-hydrogen) atoms. The minimum Gasteiger partial charge on any atom is -0.469 e. The van der Waals surface area contributed by atoms with Crippen LogP contribution in [-0.4, -0.2) is 37.4 Å². The summed E-state index contributed by atoms with van der Waals surface area (Å²) in [6.07, 6.45) is 2.80. The number of anilines is 1. The summed E-state index contributed by atoms with van der Waals surface area (Å²) in [4.78, 5) is 15.3. The molecule has 1 saturated heterocycles. The van der Waals surface area contributed by atoms with Gasteiger partial charge in [-0.05, 0) is 24.8 Å². The van der Waals surface area contributed by atoms with Crippen molar-refractivity contribution in [3.8, 4) is 0 Å². The second-order valence-corrected chi connectivity index (χ2v) is 5.96. The van der Waals surface area contributed by atoms with Crippen molar-refractivity contribution in [1.82, 2.24) is 0 Å². The van der Waals surface area contributed by atoms with Crippen molar-refractivity contribution in [2.75, 3.05) is 31.4 Å². The first-order valence-corrected chi connectivity index (χ1v) is 8.01. The molecule has 108 valence electrons. The van der Waals surface area contributed by atoms with E-state index >= 15 is 0 Å². The van der Waals surface area contributed by atoms with Crippen molar-refractivity contribution in [2.24, 2.45) is 11.7 Å². The molecule has 0 spiro atoms. The van der Waals surface area contributed by atoms with Gasteiger partial charge in [-0.2, -0.15) is 0 Å². The van der Waals surface area contributed by atoms with Gasteiger partial charge in [0.05, 0.1) is 13.0 Å². The van der Waals surface area contributed by atoms with Gasteiger partial charge in [-0.3, -0.25) is 4.79 Å². The fraction of sp³-hybridized carbons (Fsp3) is 0.429. The SMILES string of the molecule is COC(=O)C1CCN(c2cccc(SC)c2C(N)=S)C1. The van der Waals surface area contributed by atoms with Gasteiger partial charge in [0, 0.05) is 29.2 Å². The Kier molecular flexibility index (Phi) is 4.88. The van der Waals surface area contributed by atoms with Gasteiger partial charge in [0.15, 0.2) is 0 Å². The van der Waals surface area contributed by atoms with E-state index in [1.807, 2.05) is 24.5 Å². The quantitative estimate of drug-likeness (QED) is 0.522. The van der Waals surface area contributed by atoms with Crippen LogP contribution in [-0.2, 0) is 9.53 Å². The predicted octanol–water partition coefficient (Wildman–Crippen LogP) is 2.04. The topological polar surface area (TPSA) is 55.6 Å². The Bertz CT molecular complexity index is 534. The first kappa shape index (κ1) is 15.1. The third-order valence-electron chi connectivity index (χ3n) is 3.53. The molecule has 4 nitrogen and oxygen atoms in total. The Morgan fingerprint density at radius 1 is 1.55 bits per heavy atom. The fourth-order valence-corrected chi connectivity index (χ4v) is 3.45. The number of benzene rings is 1. The molecule has 2 rings (SSSR count). The van der Waals surface area contributed by atoms with Crippen LogP contribution in [0.15, 0.2) is 23.1 Å². The van der Waals surface area contributed by atoms with Crippen LogP contribution in [0.5, 0.6) is 0 Å². The number of hydrogen-bond acceptors (Lipinski definition) is 5. The molecule has 2 N–H and O–H groups in total. The Morgan fingerprint density at radius 2 is 2.30 bits per heavy atom. The zero-order valence-corrected chi connectivity index (χ0v) is 13.2. The standard InChI is InChI=1S/C14H18N2O2S2/c1-18-14(17)9-6-7-16(8-9)10-4-3-5-11(20-2)12(10)13(15)19/h3-5,9H,6-8H2,1-2H3,(H2,15,19). The molecule has 1 unspecified atom stereocenters. The van der Waals surface area contributed by atoms with E-state index in [1.54, 1.807) is 11.8 Å². The number of nitrogens with two attached hydrogens (primary N) is 1. The van der Waals surface area contributed by atoms with Crippen LogP contribution in [0, 0.1) is 5.92 Å². The smallest absolute Gasteiger partial charge is 0.310 e. The summed E-state index contributed by atoms with van der Waals surface area (Å²) in [6.45, 7) is 1.47. The largest absolute Gasteiger partial charge is 0.469 e. The number of methoxy groups -OCH3 is 1. The lowest BCUT2D eigenvalue weighted by atomic mass is 10.1. The second kappa shape index (κ2) is 6.45. The number of carbonyl (C=O) groups is 1. The number of rotatable bonds is 4. The molecule has 1 heterocycles. The molecular weight excluding hydrogens is 292 g/mol. The molecule has 1 atom stereocenters. The zero-order valence-electron chi connectivity index (χ0n) is 11.6. The van der Waals surface area contributed by atoms with E-state index in [0.717, 1.165) is 29.1 Å². The maximum absolute atomic E-state index is 11.6. The minimum absolute atomic E-state index is 0.0721. The molecule has 0 radical (unpaired) electrons. The molecule has 0 aliphatic carbocycles. The lowest BCUT2D eigenvalue weighted by Crippen LogP contribution is -2.26. The summed E-state index contributed by atoms with van der Waals surface area (Å²) in [5.74, 6) is -0.220. The number of nitrogens with zero attached hydrogens (tertiary/aromatic N) is 1. The number of thiocarbonyl (C=S) groups is 1. The van der Waals surface area contributed by atoms with Crippen LogP contribution in [0.3, 0.4) is 0 Å². The van der Waals surface area contributed by atoms with Gasteiger partial charge in [0.2, 0.25) is 0 Å². The van der Waals surface area contributed by atoms with Crippen molar-refractivity contribution >= 4 is 40.6 Å². The first-order chi connectivity index (χ1) is 9.58. The highest BCUT2D eigenvalue weighted by molar-refractivity contribution is 7.98. The van der Waals surface area contributed by atoms with Crippen LogP contribution >= 0.6 is 24.0 Å². The van der Waals surface area contributed by atoms with Gasteiger partial charge in [-0.25, -0.2) is 0 Å². The maximum atomic E-state index is 11.6. The van der Waals surface area contributed by atoms with Crippen molar-refractivity contribution in [1.29, 1.82) is 0 Å². The Balaban J connectivity index is 2.30. The minimum atomic E-state index is -0.148. The van der Waals surface area contributed by atoms with Crippen molar-refractivity contribution in [3.63, 3.8) is 0 Å². The molecular formula is C14H18N2O2S2. The summed E-state index contributed by atoms with van der Waals surface area (Å²) in [6, 6.07) is 6.01. The summed E-state index contributed by atoms with van der Waals surface area (Å²) < 4.78 is 4.82. The van der Waals surface area contributed by atoms with Crippen molar-refractivity contribution < 1.29 is 9.53 Å². The highest BCUT2D eigenvalue weighted by Crippen LogP contribution is 2.33. The number of esters is 1. The molecule has 1 aromatic carbocycles. The van der Waals surface area contributed by atoms with E-state index in [4.69, 9.17) is 22.7 Å². The van der Waals surface area contributed by atoms with Crippen LogP contribution in [0.2, 0.25) is 0 Å². The highest BCUT2D eigenvalue weighted by atomic mass is 32.2. The molecule has 0 bridgehead atoms. The fourth-order valence-electron chi connectivity index (χ4n) is 2.54. The third kappa shape index (κ3) is 2.91. The number of thioether (sulfide) groups is 1. The molecule has 1 aromatic rings. The summed E-state index contributed by atoms with van der Waals surface area (Å²) >= 11 is 6.81. The van der Waals surface area contributed by atoms with Gasteiger partial charge >= 0.3 is 5.97 Å². The van der Waals surface area contributed by atoms with Gasteiger partial charge < -0.3 is 15.4 Å². The van der Waals surface area contributed by atoms with Gasteiger partial charge in [0.1, 0.15) is 4.99 Å². The zero-order chi connectivity index (χ0) is 14.7. The van der Waals surface area contributed by atoms with E-state index in [0.29, 0.717) is 11.5 Å².